The monoisotopic (exact) mass is 515 g/mol. The van der Waals surface area contributed by atoms with Gasteiger partial charge in [0.05, 0.1) is 11.6 Å². The molecule has 2 aromatic rings. The number of carboxylic acids is 1. The second-order valence-corrected chi connectivity index (χ2v) is 9.36. The molecule has 2 aromatic carbocycles. The molecule has 0 saturated heterocycles. The quantitative estimate of drug-likeness (QED) is 0.404. The van der Waals surface area contributed by atoms with Gasteiger partial charge in [0.25, 0.3) is 0 Å². The van der Waals surface area contributed by atoms with Gasteiger partial charge in [-0.25, -0.2) is 14.0 Å². The number of hydrogen-bond donors (Lipinski definition) is 2. The Bertz CT molecular complexity index is 1140. The first-order valence-electron chi connectivity index (χ1n) is 11.9. The van der Waals surface area contributed by atoms with Gasteiger partial charge in [-0.15, -0.1) is 0 Å². The van der Waals surface area contributed by atoms with Crippen LogP contribution in [0.3, 0.4) is 0 Å². The highest BCUT2D eigenvalue weighted by Gasteiger charge is 2.37. The molecule has 1 heterocycles. The molecule has 3 rings (SSSR count). The van der Waals surface area contributed by atoms with E-state index in [0.29, 0.717) is 35.7 Å². The SMILES string of the molecule is CC1=C(C(=O)O)C(c2cccc(Cl)c2)N(CCCN(C)C(=O)CCCCc2ccc(F)cc2)C(=O)N1. The van der Waals surface area contributed by atoms with Crippen LogP contribution < -0.4 is 5.32 Å². The van der Waals surface area contributed by atoms with Crippen LogP contribution in [0.15, 0.2) is 59.8 Å². The van der Waals surface area contributed by atoms with E-state index in [0.717, 1.165) is 24.8 Å². The predicted octanol–water partition coefficient (Wildman–Crippen LogP) is 5.17. The van der Waals surface area contributed by atoms with Crippen molar-refractivity contribution in [3.05, 3.63) is 81.8 Å². The number of amides is 3. The lowest BCUT2D eigenvalue weighted by Gasteiger charge is -2.37. The fraction of sp³-hybridized carbons (Fsp3) is 0.370. The topological polar surface area (TPSA) is 90.0 Å². The highest BCUT2D eigenvalue weighted by Crippen LogP contribution is 2.34. The van der Waals surface area contributed by atoms with Gasteiger partial charge in [0.2, 0.25) is 5.91 Å². The molecule has 1 unspecified atom stereocenters. The number of aryl methyl sites for hydroxylation is 1. The number of carboxylic acid groups (broad SMARTS) is 1. The largest absolute Gasteiger partial charge is 0.478 e. The maximum atomic E-state index is 13.0. The Morgan fingerprint density at radius 1 is 1.14 bits per heavy atom. The maximum absolute atomic E-state index is 13.0. The van der Waals surface area contributed by atoms with Crippen LogP contribution in [0.1, 0.15) is 49.8 Å². The van der Waals surface area contributed by atoms with Gasteiger partial charge in [0.15, 0.2) is 0 Å². The summed E-state index contributed by atoms with van der Waals surface area (Å²) >= 11 is 6.14. The lowest BCUT2D eigenvalue weighted by atomic mass is 9.93. The lowest BCUT2D eigenvalue weighted by Crippen LogP contribution is -2.49. The summed E-state index contributed by atoms with van der Waals surface area (Å²) < 4.78 is 13.0. The molecule has 192 valence electrons. The number of carbonyl (C=O) groups excluding carboxylic acids is 2. The van der Waals surface area contributed by atoms with Gasteiger partial charge in [-0.05, 0) is 68.0 Å². The van der Waals surface area contributed by atoms with Crippen molar-refractivity contribution < 1.29 is 23.9 Å². The molecule has 3 amide bonds. The number of urea groups is 1. The first kappa shape index (κ1) is 27.2. The zero-order chi connectivity index (χ0) is 26.2. The number of nitrogens with zero attached hydrogens (tertiary/aromatic N) is 2. The van der Waals surface area contributed by atoms with Crippen LogP contribution in [0.5, 0.6) is 0 Å². The number of nitrogens with one attached hydrogen (secondary N) is 1. The minimum Gasteiger partial charge on any atom is -0.478 e. The van der Waals surface area contributed by atoms with Crippen LogP contribution >= 0.6 is 11.6 Å². The van der Waals surface area contributed by atoms with Gasteiger partial charge < -0.3 is 20.2 Å². The van der Waals surface area contributed by atoms with Crippen LogP contribution in [0.2, 0.25) is 5.02 Å². The molecule has 0 radical (unpaired) electrons. The summed E-state index contributed by atoms with van der Waals surface area (Å²) in [7, 11) is 1.72. The normalized spacial score (nSPS) is 15.6. The van der Waals surface area contributed by atoms with E-state index in [1.165, 1.54) is 17.0 Å². The number of hydrogen-bond acceptors (Lipinski definition) is 3. The van der Waals surface area contributed by atoms with Crippen molar-refractivity contribution in [3.63, 3.8) is 0 Å². The zero-order valence-electron chi connectivity index (χ0n) is 20.5. The number of carbonyl (C=O) groups is 3. The molecule has 0 aromatic heterocycles. The Hall–Kier alpha value is -3.39. The lowest BCUT2D eigenvalue weighted by molar-refractivity contribution is -0.133. The first-order chi connectivity index (χ1) is 17.2. The Morgan fingerprint density at radius 2 is 1.86 bits per heavy atom. The standard InChI is InChI=1S/C27H31ClFN3O4/c1-18-24(26(34)35)25(20-8-5-9-21(28)17-20)32(27(36)30-18)16-6-15-31(2)23(33)10-4-3-7-19-11-13-22(29)14-12-19/h5,8-9,11-14,17,25H,3-4,6-7,10,15-16H2,1-2H3,(H,30,36)(H,34,35). The Balaban J connectivity index is 1.55. The summed E-state index contributed by atoms with van der Waals surface area (Å²) in [6.07, 6.45) is 3.21. The third-order valence-corrected chi connectivity index (χ3v) is 6.51. The first-order valence-corrected chi connectivity index (χ1v) is 12.3. The van der Waals surface area contributed by atoms with Crippen LogP contribution in [0.25, 0.3) is 0 Å². The Kier molecular flexibility index (Phi) is 9.47. The second kappa shape index (κ2) is 12.5. The number of halogens is 2. The van der Waals surface area contributed by atoms with Gasteiger partial charge in [-0.1, -0.05) is 35.9 Å². The van der Waals surface area contributed by atoms with Crippen molar-refractivity contribution >= 4 is 29.5 Å². The summed E-state index contributed by atoms with van der Waals surface area (Å²) in [5.74, 6) is -1.37. The van der Waals surface area contributed by atoms with Crippen molar-refractivity contribution in [2.45, 2.75) is 45.1 Å². The highest BCUT2D eigenvalue weighted by atomic mass is 35.5. The Labute approximate surface area is 215 Å². The number of benzene rings is 2. The minimum absolute atomic E-state index is 0.00515. The van der Waals surface area contributed by atoms with E-state index < -0.39 is 18.0 Å². The predicted molar refractivity (Wildman–Crippen MR) is 136 cm³/mol. The zero-order valence-corrected chi connectivity index (χ0v) is 21.2. The number of rotatable bonds is 11. The molecule has 0 bridgehead atoms. The number of allylic oxidation sites excluding steroid dienone is 1. The molecule has 0 fully saturated rings. The molecule has 0 aliphatic carbocycles. The number of unbranched alkanes of at least 4 members (excludes halogenated alkanes) is 1. The smallest absolute Gasteiger partial charge is 0.335 e. The second-order valence-electron chi connectivity index (χ2n) is 8.93. The van der Waals surface area contributed by atoms with Crippen LogP contribution in [0, 0.1) is 5.82 Å². The molecule has 0 saturated carbocycles. The maximum Gasteiger partial charge on any atom is 0.335 e. The average molecular weight is 516 g/mol. The van der Waals surface area contributed by atoms with E-state index in [4.69, 9.17) is 11.6 Å². The fourth-order valence-corrected chi connectivity index (χ4v) is 4.56. The molecule has 1 aliphatic rings. The van der Waals surface area contributed by atoms with Gasteiger partial charge in [-0.2, -0.15) is 0 Å². The number of aliphatic carboxylic acids is 1. The van der Waals surface area contributed by atoms with Crippen LogP contribution in [0.4, 0.5) is 9.18 Å². The molecule has 2 N–H and O–H groups in total. The van der Waals surface area contributed by atoms with Crippen molar-refractivity contribution in [1.82, 2.24) is 15.1 Å². The molecule has 1 aliphatic heterocycles. The third kappa shape index (κ3) is 7.07. The molecule has 36 heavy (non-hydrogen) atoms. The van der Waals surface area contributed by atoms with Gasteiger partial charge in [0, 0.05) is 37.3 Å². The van der Waals surface area contributed by atoms with Gasteiger partial charge in [0.1, 0.15) is 5.82 Å². The van der Waals surface area contributed by atoms with E-state index in [2.05, 4.69) is 5.32 Å². The van der Waals surface area contributed by atoms with E-state index >= 15 is 0 Å². The summed E-state index contributed by atoms with van der Waals surface area (Å²) in [5.41, 5.74) is 2.03. The van der Waals surface area contributed by atoms with Crippen molar-refractivity contribution in [1.29, 1.82) is 0 Å². The summed E-state index contributed by atoms with van der Waals surface area (Å²) in [6.45, 7) is 2.25. The van der Waals surface area contributed by atoms with Crippen molar-refractivity contribution in [3.8, 4) is 0 Å². The van der Waals surface area contributed by atoms with Crippen LogP contribution in [-0.4, -0.2) is 53.0 Å². The summed E-state index contributed by atoms with van der Waals surface area (Å²) in [5, 5.41) is 12.9. The Morgan fingerprint density at radius 3 is 2.53 bits per heavy atom. The van der Waals surface area contributed by atoms with Crippen molar-refractivity contribution in [2.75, 3.05) is 20.1 Å². The van der Waals surface area contributed by atoms with Crippen LogP contribution in [-0.2, 0) is 16.0 Å². The summed E-state index contributed by atoms with van der Waals surface area (Å²) in [4.78, 5) is 40.5. The van der Waals surface area contributed by atoms with Gasteiger partial charge in [-0.3, -0.25) is 4.79 Å². The summed E-state index contributed by atoms with van der Waals surface area (Å²) in [6, 6.07) is 12.0. The van der Waals surface area contributed by atoms with Crippen molar-refractivity contribution in [2.24, 2.45) is 0 Å². The minimum atomic E-state index is -1.12. The molecule has 7 nitrogen and oxygen atoms in total. The van der Waals surface area contributed by atoms with E-state index in [1.54, 1.807) is 55.3 Å². The van der Waals surface area contributed by atoms with E-state index in [-0.39, 0.29) is 23.8 Å². The molecule has 1 atom stereocenters. The van der Waals surface area contributed by atoms with E-state index in [9.17, 15) is 23.9 Å². The molecular weight excluding hydrogens is 485 g/mol. The third-order valence-electron chi connectivity index (χ3n) is 6.28. The molecule has 0 spiro atoms. The average Bonchev–Trinajstić information content (AvgIpc) is 2.83. The molecular formula is C27H31ClFN3O4. The highest BCUT2D eigenvalue weighted by molar-refractivity contribution is 6.30. The fourth-order valence-electron chi connectivity index (χ4n) is 4.36. The molecule has 9 heteroatoms. The van der Waals surface area contributed by atoms with Gasteiger partial charge >= 0.3 is 12.0 Å². The van der Waals surface area contributed by atoms with E-state index in [1.807, 2.05) is 0 Å².